The first-order valence-corrected chi connectivity index (χ1v) is 8.22. The van der Waals surface area contributed by atoms with E-state index in [0.717, 1.165) is 29.0 Å². The van der Waals surface area contributed by atoms with Crippen LogP contribution >= 0.6 is 0 Å². The first-order valence-electron chi connectivity index (χ1n) is 8.22. The Bertz CT molecular complexity index is 725. The van der Waals surface area contributed by atoms with E-state index < -0.39 is 5.97 Å². The Hall–Kier alpha value is -2.53. The van der Waals surface area contributed by atoms with Crippen molar-refractivity contribution in [2.45, 2.75) is 32.9 Å². The Kier molecular flexibility index (Phi) is 6.42. The summed E-state index contributed by atoms with van der Waals surface area (Å²) in [7, 11) is 3.29. The van der Waals surface area contributed by atoms with E-state index in [1.54, 1.807) is 26.4 Å². The molecule has 5 heteroatoms. The second kappa shape index (κ2) is 8.53. The van der Waals surface area contributed by atoms with Gasteiger partial charge in [0.2, 0.25) is 0 Å². The third-order valence-electron chi connectivity index (χ3n) is 4.29. The summed E-state index contributed by atoms with van der Waals surface area (Å²) in [6.45, 7) is 4.85. The highest BCUT2D eigenvalue weighted by Gasteiger charge is 2.13. The third kappa shape index (κ3) is 4.73. The fourth-order valence-electron chi connectivity index (χ4n) is 2.80. The molecule has 0 saturated carbocycles. The highest BCUT2D eigenvalue weighted by molar-refractivity contribution is 5.87. The van der Waals surface area contributed by atoms with Crippen molar-refractivity contribution in [2.75, 3.05) is 14.2 Å². The lowest BCUT2D eigenvalue weighted by atomic mass is 10.00. The van der Waals surface area contributed by atoms with Gasteiger partial charge in [0.15, 0.2) is 11.5 Å². The number of methoxy groups -OCH3 is 2. The molecule has 2 aromatic rings. The zero-order valence-corrected chi connectivity index (χ0v) is 15.1. The number of ether oxygens (including phenoxy) is 2. The predicted molar refractivity (Wildman–Crippen MR) is 97.7 cm³/mol. The van der Waals surface area contributed by atoms with E-state index in [0.29, 0.717) is 12.1 Å². The smallest absolute Gasteiger partial charge is 0.335 e. The zero-order valence-electron chi connectivity index (χ0n) is 15.1. The van der Waals surface area contributed by atoms with Gasteiger partial charge in [-0.3, -0.25) is 0 Å². The summed E-state index contributed by atoms with van der Waals surface area (Å²) in [5.41, 5.74) is 3.65. The fourth-order valence-corrected chi connectivity index (χ4v) is 2.80. The highest BCUT2D eigenvalue weighted by Crippen LogP contribution is 2.33. The van der Waals surface area contributed by atoms with Crippen LogP contribution in [0.1, 0.15) is 34.0 Å². The molecule has 1 unspecified atom stereocenters. The summed E-state index contributed by atoms with van der Waals surface area (Å²) in [6.07, 6.45) is 0.861. The molecule has 134 valence electrons. The number of nitrogens with one attached hydrogen (secondary N) is 1. The quantitative estimate of drug-likeness (QED) is 0.768. The van der Waals surface area contributed by atoms with Crippen LogP contribution in [0.5, 0.6) is 11.5 Å². The van der Waals surface area contributed by atoms with Gasteiger partial charge in [-0.1, -0.05) is 18.2 Å². The summed E-state index contributed by atoms with van der Waals surface area (Å²) in [6, 6.07) is 11.2. The number of hydrogen-bond donors (Lipinski definition) is 2. The van der Waals surface area contributed by atoms with Crippen molar-refractivity contribution in [1.29, 1.82) is 0 Å². The molecule has 1 atom stereocenters. The maximum atomic E-state index is 10.9. The second-order valence-electron chi connectivity index (χ2n) is 6.07. The number of benzene rings is 2. The van der Waals surface area contributed by atoms with Gasteiger partial charge in [-0.25, -0.2) is 4.79 Å². The van der Waals surface area contributed by atoms with Crippen molar-refractivity contribution in [1.82, 2.24) is 5.32 Å². The summed E-state index contributed by atoms with van der Waals surface area (Å²) >= 11 is 0. The SMILES string of the molecule is COc1ccc(CC(C)NCc2ccc(C(=O)O)cc2)c(C)c1OC. The number of carboxylic acid groups (broad SMARTS) is 1. The van der Waals surface area contributed by atoms with Crippen molar-refractivity contribution in [3.63, 3.8) is 0 Å². The Morgan fingerprint density at radius 3 is 2.36 bits per heavy atom. The molecule has 0 aliphatic carbocycles. The molecule has 0 heterocycles. The van der Waals surface area contributed by atoms with E-state index >= 15 is 0 Å². The van der Waals surface area contributed by atoms with E-state index in [-0.39, 0.29) is 6.04 Å². The number of carbonyl (C=O) groups is 1. The molecule has 25 heavy (non-hydrogen) atoms. The Morgan fingerprint density at radius 1 is 1.12 bits per heavy atom. The average Bonchev–Trinajstić information content (AvgIpc) is 2.61. The number of hydrogen-bond acceptors (Lipinski definition) is 4. The van der Waals surface area contributed by atoms with Crippen molar-refractivity contribution in [3.8, 4) is 11.5 Å². The monoisotopic (exact) mass is 343 g/mol. The highest BCUT2D eigenvalue weighted by atomic mass is 16.5. The molecule has 2 N–H and O–H groups in total. The van der Waals surface area contributed by atoms with Gasteiger partial charge < -0.3 is 19.9 Å². The average molecular weight is 343 g/mol. The van der Waals surface area contributed by atoms with E-state index in [1.807, 2.05) is 25.1 Å². The normalized spacial score (nSPS) is 11.8. The zero-order chi connectivity index (χ0) is 18.4. The second-order valence-corrected chi connectivity index (χ2v) is 6.07. The lowest BCUT2D eigenvalue weighted by Crippen LogP contribution is -2.27. The molecule has 0 amide bonds. The van der Waals surface area contributed by atoms with Crippen LogP contribution in [-0.2, 0) is 13.0 Å². The summed E-state index contributed by atoms with van der Waals surface area (Å²) < 4.78 is 10.8. The first-order chi connectivity index (χ1) is 12.0. The van der Waals surface area contributed by atoms with Crippen LogP contribution in [0.2, 0.25) is 0 Å². The lowest BCUT2D eigenvalue weighted by molar-refractivity contribution is 0.0697. The minimum Gasteiger partial charge on any atom is -0.493 e. The van der Waals surface area contributed by atoms with Crippen molar-refractivity contribution in [2.24, 2.45) is 0 Å². The molecule has 0 saturated heterocycles. The number of aromatic carboxylic acids is 1. The van der Waals surface area contributed by atoms with Crippen LogP contribution in [0.3, 0.4) is 0 Å². The van der Waals surface area contributed by atoms with Crippen molar-refractivity contribution < 1.29 is 19.4 Å². The minimum absolute atomic E-state index is 0.260. The van der Waals surface area contributed by atoms with Gasteiger partial charge in [-0.05, 0) is 55.2 Å². The predicted octanol–water partition coefficient (Wildman–Crippen LogP) is 3.43. The van der Waals surface area contributed by atoms with Gasteiger partial charge >= 0.3 is 5.97 Å². The molecule has 0 fully saturated rings. The van der Waals surface area contributed by atoms with Crippen LogP contribution < -0.4 is 14.8 Å². The van der Waals surface area contributed by atoms with E-state index in [2.05, 4.69) is 18.3 Å². The summed E-state index contributed by atoms with van der Waals surface area (Å²) in [5, 5.41) is 12.4. The summed E-state index contributed by atoms with van der Waals surface area (Å²) in [5.74, 6) is 0.608. The van der Waals surface area contributed by atoms with Crippen molar-refractivity contribution in [3.05, 3.63) is 58.7 Å². The minimum atomic E-state index is -0.906. The molecule has 2 aromatic carbocycles. The van der Waals surface area contributed by atoms with Crippen LogP contribution in [0.4, 0.5) is 0 Å². The van der Waals surface area contributed by atoms with Crippen LogP contribution in [0, 0.1) is 6.92 Å². The molecule has 0 spiro atoms. The molecule has 0 aromatic heterocycles. The molecule has 2 rings (SSSR count). The Morgan fingerprint density at radius 2 is 1.80 bits per heavy atom. The maximum Gasteiger partial charge on any atom is 0.335 e. The fraction of sp³-hybridized carbons (Fsp3) is 0.350. The first kappa shape index (κ1) is 18.8. The van der Waals surface area contributed by atoms with Gasteiger partial charge in [-0.15, -0.1) is 0 Å². The topological polar surface area (TPSA) is 67.8 Å². The van der Waals surface area contributed by atoms with E-state index in [4.69, 9.17) is 14.6 Å². The van der Waals surface area contributed by atoms with Gasteiger partial charge in [0.25, 0.3) is 0 Å². The van der Waals surface area contributed by atoms with Crippen LogP contribution in [0.15, 0.2) is 36.4 Å². The van der Waals surface area contributed by atoms with Gasteiger partial charge in [-0.2, -0.15) is 0 Å². The maximum absolute atomic E-state index is 10.9. The third-order valence-corrected chi connectivity index (χ3v) is 4.29. The molecule has 0 aliphatic rings. The number of rotatable bonds is 8. The molecule has 0 bridgehead atoms. The van der Waals surface area contributed by atoms with E-state index in [1.165, 1.54) is 5.56 Å². The molecular formula is C20H25NO4. The molecular weight excluding hydrogens is 318 g/mol. The van der Waals surface area contributed by atoms with Crippen molar-refractivity contribution >= 4 is 5.97 Å². The largest absolute Gasteiger partial charge is 0.493 e. The van der Waals surface area contributed by atoms with E-state index in [9.17, 15) is 4.79 Å². The Labute approximate surface area is 148 Å². The molecule has 0 radical (unpaired) electrons. The Balaban J connectivity index is 1.98. The van der Waals surface area contributed by atoms with Gasteiger partial charge in [0.05, 0.1) is 19.8 Å². The lowest BCUT2D eigenvalue weighted by Gasteiger charge is -2.18. The molecule has 5 nitrogen and oxygen atoms in total. The van der Waals surface area contributed by atoms with Gasteiger partial charge in [0, 0.05) is 12.6 Å². The number of carboxylic acids is 1. The van der Waals surface area contributed by atoms with Crippen LogP contribution in [-0.4, -0.2) is 31.3 Å². The van der Waals surface area contributed by atoms with Crippen LogP contribution in [0.25, 0.3) is 0 Å². The standard InChI is InChI=1S/C20H25NO4/c1-13(21-12-15-5-7-16(8-6-15)20(22)23)11-17-9-10-18(24-3)19(25-4)14(17)2/h5-10,13,21H,11-12H2,1-4H3,(H,22,23). The molecule has 0 aliphatic heterocycles. The van der Waals surface area contributed by atoms with Gasteiger partial charge in [0.1, 0.15) is 0 Å². The summed E-state index contributed by atoms with van der Waals surface area (Å²) in [4.78, 5) is 10.9.